The molecule has 0 saturated carbocycles. The number of nitriles is 3. The van der Waals surface area contributed by atoms with E-state index >= 15 is 0 Å². The van der Waals surface area contributed by atoms with Crippen molar-refractivity contribution >= 4 is 90.7 Å². The molecule has 3 fully saturated rings. The Hall–Kier alpha value is -8.93. The van der Waals surface area contributed by atoms with Crippen LogP contribution in [-0.4, -0.2) is 164 Å². The van der Waals surface area contributed by atoms with Gasteiger partial charge in [0.2, 0.25) is 17.3 Å². The third-order valence-electron chi connectivity index (χ3n) is 25.7. The first kappa shape index (κ1) is 107. The number of carbonyl (C=O) groups is 6. The van der Waals surface area contributed by atoms with E-state index in [1.807, 2.05) is 102 Å². The quantitative estimate of drug-likeness (QED) is 0.00419. The number of imidazole rings is 3. The van der Waals surface area contributed by atoms with E-state index in [0.717, 1.165) is 150 Å². The van der Waals surface area contributed by atoms with Crippen LogP contribution in [0.2, 0.25) is 51.4 Å². The molecule has 3 aliphatic carbocycles. The van der Waals surface area contributed by atoms with Gasteiger partial charge in [0.25, 0.3) is 0 Å². The van der Waals surface area contributed by atoms with Gasteiger partial charge in [-0.05, 0) is 250 Å². The minimum atomic E-state index is -1.33. The Morgan fingerprint density at radius 1 is 0.485 bits per heavy atom. The fraction of sp³-hybridized carbons (Fsp3) is 0.614. The van der Waals surface area contributed by atoms with Crippen molar-refractivity contribution in [3.05, 3.63) is 159 Å². The summed E-state index contributed by atoms with van der Waals surface area (Å²) in [5, 5.41) is 46.4. The summed E-state index contributed by atoms with van der Waals surface area (Å²) in [7, 11) is -2.55. The number of alkyl halides is 1. The van der Waals surface area contributed by atoms with Crippen LogP contribution in [0.1, 0.15) is 337 Å². The number of ketones is 3. The first-order valence-electron chi connectivity index (χ1n) is 46.3. The Bertz CT molecular complexity index is 5370. The molecule has 6 aliphatic rings. The zero-order valence-corrected chi connectivity index (χ0v) is 86.3. The maximum absolute atomic E-state index is 13.9. The number of ether oxygens (including phenoxy) is 6. The van der Waals surface area contributed by atoms with Crippen molar-refractivity contribution in [1.82, 2.24) is 44.0 Å². The molecule has 0 spiro atoms. The lowest BCUT2D eigenvalue weighted by Gasteiger charge is -2.45. The Balaban J connectivity index is 0.000000222. The summed E-state index contributed by atoms with van der Waals surface area (Å²) in [6.45, 7) is 47.9. The van der Waals surface area contributed by atoms with Crippen molar-refractivity contribution in [2.24, 2.45) is 16.2 Å². The number of aromatic amines is 1. The van der Waals surface area contributed by atoms with Gasteiger partial charge in [-0.3, -0.25) is 39.1 Å². The molecule has 31 heteroatoms. The molecule has 3 aliphatic heterocycles. The maximum Gasteiger partial charge on any atom is 0.373 e. The summed E-state index contributed by atoms with van der Waals surface area (Å²) in [5.74, 6) is -2.37. The van der Waals surface area contributed by atoms with E-state index in [4.69, 9.17) is 59.1 Å². The third-order valence-corrected chi connectivity index (χ3v) is 29.1. The number of esters is 1. The number of rotatable bonds is 31. The largest absolute Gasteiger partial charge is 0.464 e. The van der Waals surface area contributed by atoms with Crippen LogP contribution in [0.5, 0.6) is 0 Å². The number of Topliss-reactive ketones (excluding diaryl/α,β-unsaturated/α-hetero) is 3. The molecule has 0 bridgehead atoms. The highest BCUT2D eigenvalue weighted by molar-refractivity contribution is 14.1. The molecule has 132 heavy (non-hydrogen) atoms. The van der Waals surface area contributed by atoms with E-state index in [1.54, 1.807) is 35.4 Å². The molecular formula is C101H141IN12O16Si2. The van der Waals surface area contributed by atoms with E-state index < -0.39 is 61.7 Å². The molecule has 6 aromatic rings. The van der Waals surface area contributed by atoms with Crippen LogP contribution >= 0.6 is 22.6 Å². The molecule has 716 valence electrons. The number of aromatic nitrogens is 9. The van der Waals surface area contributed by atoms with Gasteiger partial charge in [0.05, 0.1) is 46.7 Å². The first-order chi connectivity index (χ1) is 61.7. The van der Waals surface area contributed by atoms with Crippen molar-refractivity contribution < 1.29 is 77.5 Å². The second kappa shape index (κ2) is 44.3. The van der Waals surface area contributed by atoms with E-state index in [0.29, 0.717) is 58.3 Å². The Kier molecular flexibility index (Phi) is 35.8. The second-order valence-corrected chi connectivity index (χ2v) is 54.9. The summed E-state index contributed by atoms with van der Waals surface area (Å²) in [5.41, 5.74) is 6.20. The summed E-state index contributed by atoms with van der Waals surface area (Å²) in [6, 6.07) is 19.8. The highest BCUT2D eigenvalue weighted by Crippen LogP contribution is 2.50. The van der Waals surface area contributed by atoms with Crippen LogP contribution in [-0.2, 0) is 85.3 Å². The van der Waals surface area contributed by atoms with Crippen LogP contribution in [0.25, 0.3) is 16.7 Å². The molecule has 3 saturated heterocycles. The Labute approximate surface area is 796 Å². The predicted molar refractivity (Wildman–Crippen MR) is 519 cm³/mol. The molecule has 3 N–H and O–H groups in total. The Morgan fingerprint density at radius 2 is 0.826 bits per heavy atom. The smallest absolute Gasteiger partial charge is 0.373 e. The van der Waals surface area contributed by atoms with Crippen LogP contribution in [0.15, 0.2) is 73.2 Å². The van der Waals surface area contributed by atoms with Crippen LogP contribution in [0, 0.1) is 50.2 Å². The first-order valence-corrected chi connectivity index (χ1v) is 55.9. The summed E-state index contributed by atoms with van der Waals surface area (Å²) < 4.78 is 39.2. The van der Waals surface area contributed by atoms with Crippen LogP contribution < -0.4 is 0 Å². The van der Waals surface area contributed by atoms with E-state index in [1.165, 1.54) is 6.20 Å². The van der Waals surface area contributed by atoms with Gasteiger partial charge in [0, 0.05) is 95.9 Å². The number of H-pyrrole nitrogens is 1. The highest BCUT2D eigenvalue weighted by Gasteiger charge is 2.53. The fourth-order valence-corrected chi connectivity index (χ4v) is 19.9. The molecular weight excluding hydrogens is 1820 g/mol. The number of unbranched alkanes of at least 4 members (excludes halogenated alkanes) is 1. The van der Waals surface area contributed by atoms with Crippen molar-refractivity contribution in [2.75, 3.05) is 24.8 Å². The van der Waals surface area contributed by atoms with E-state index in [9.17, 15) is 39.3 Å². The topological polar surface area (TPSA) is 391 Å². The molecule has 28 nitrogen and oxygen atoms in total. The molecule has 6 aromatic heterocycles. The highest BCUT2D eigenvalue weighted by atomic mass is 127. The predicted octanol–water partition coefficient (Wildman–Crippen LogP) is 21.4. The second-order valence-electron chi connectivity index (χ2n) is 43.7. The normalized spacial score (nSPS) is 22.7. The Morgan fingerprint density at radius 3 is 1.12 bits per heavy atom. The lowest BCUT2D eigenvalue weighted by atomic mass is 9.76. The van der Waals surface area contributed by atoms with E-state index in [-0.39, 0.29) is 125 Å². The van der Waals surface area contributed by atoms with Crippen molar-refractivity contribution in [3.63, 3.8) is 0 Å². The van der Waals surface area contributed by atoms with Gasteiger partial charge in [-0.25, -0.2) is 29.3 Å². The number of hydrogen-bond donors (Lipinski definition) is 3. The molecule has 0 aromatic carbocycles. The van der Waals surface area contributed by atoms with Gasteiger partial charge in [-0.2, -0.15) is 26.3 Å². The average Bonchev–Trinajstić information content (AvgIpc) is 0.921. The van der Waals surface area contributed by atoms with E-state index in [2.05, 4.69) is 164 Å². The van der Waals surface area contributed by atoms with Crippen molar-refractivity contribution in [1.29, 1.82) is 15.8 Å². The number of pyridine rings is 3. The molecule has 0 amide bonds. The molecule has 6 unspecified atom stereocenters. The van der Waals surface area contributed by atoms with Gasteiger partial charge in [-0.1, -0.05) is 153 Å². The molecule has 12 rings (SSSR count). The molecule has 9 heterocycles. The van der Waals surface area contributed by atoms with Gasteiger partial charge in [-0.15, -0.1) is 0 Å². The fourth-order valence-electron chi connectivity index (χ4n) is 18.4. The third kappa shape index (κ3) is 29.3. The van der Waals surface area contributed by atoms with Crippen LogP contribution in [0.3, 0.4) is 0 Å². The summed E-state index contributed by atoms with van der Waals surface area (Å²) in [6.07, 6.45) is 24.5. The summed E-state index contributed by atoms with van der Waals surface area (Å²) >= 11 is 2.15. The number of allylic oxidation sites excluding steroid dienone is 6. The summed E-state index contributed by atoms with van der Waals surface area (Å²) in [4.78, 5) is 120. The minimum Gasteiger partial charge on any atom is -0.464 e. The number of hydrogen-bond acceptors (Lipinski definition) is 25. The lowest BCUT2D eigenvalue weighted by molar-refractivity contribution is -0.269. The van der Waals surface area contributed by atoms with Crippen molar-refractivity contribution in [2.45, 2.75) is 355 Å². The average molecular weight is 1960 g/mol. The molecule has 0 radical (unpaired) electrons. The van der Waals surface area contributed by atoms with Crippen LogP contribution in [0.4, 0.5) is 0 Å². The monoisotopic (exact) mass is 1960 g/mol. The molecule has 6 atom stereocenters. The number of nitrogens with zero attached hydrogens (tertiary/aromatic N) is 11. The lowest BCUT2D eigenvalue weighted by Crippen LogP contribution is -2.52. The maximum atomic E-state index is 13.9. The number of nitrogens with one attached hydrogen (secondary N) is 1. The van der Waals surface area contributed by atoms with Gasteiger partial charge in [0.1, 0.15) is 37.4 Å². The zero-order valence-electron chi connectivity index (χ0n) is 82.2. The van der Waals surface area contributed by atoms with Gasteiger partial charge in [0.15, 0.2) is 45.7 Å². The minimum absolute atomic E-state index is 0.0352. The van der Waals surface area contributed by atoms with Crippen molar-refractivity contribution in [3.8, 4) is 18.2 Å². The zero-order chi connectivity index (χ0) is 97.5. The standard InChI is InChI=1S/C38H56N4O5Si.C34H48N4O6Si.C28H34N4O5.CH3I/c1-10-11-18-46-35(44)38(6)23-29(22-37(4,5)47-38)31-13-12-28(33(41-31)27-14-16-36(2,3)17-15-27)21-32(43)34-40-30(24-39)25-42(34)26-45-19-20-48(7,8)9;1-32(2)13-11-23(12-14-32)29-24(9-10-27(37-29)25-18-33(3,4)44-34(5,19-25)31(40)43-41)17-28(39)30-36-26(20-35)21-38(30)22-42-15-16-45(6,7)8;1-26(2)10-8-17(9-11-26)23-18(12-22(33)24-30-16-20(15-29)31-24)6-7-21(32-23)19-13-27(3,4)37-28(5,14-19)25(34)36-35;1-2/h12-14,25,29H,10-11,15-23,26H2,1-9H3;9-11,21,25,41H,12-19,22H2,1-8H3;6-8,16,19,35H,9-14H2,1-5H3,(H,30,31);1H3. The van der Waals surface area contributed by atoms with Gasteiger partial charge >= 0.3 is 17.9 Å². The number of halogens is 1. The van der Waals surface area contributed by atoms with Gasteiger partial charge < -0.3 is 42.5 Å². The SMILES string of the molecule is CC1(C)CC=C(c2nc(C3CC(C)(C)OC(C)(C(=O)OO)C3)ccc2CC(=O)c2nc(C#N)cn2COCC[Si](C)(C)C)CC1.CC1(C)CC=C(c2nc(C3CC(C)(C)OC(C)(C(=O)OO)C3)ccc2CC(=O)c2ncc(C#N)[nH]2)CC1.CCCCOC(=O)C1(C)CC(c2ccc(CC(=O)c3nc(C#N)cn3COCC[Si](C)(C)C)c(C3=CCC(C)(C)CC3)n2)CC(C)(C)O1.CI. The number of carbonyl (C=O) groups excluding carboxylic acids is 6.